The third kappa shape index (κ3) is 2.47. The van der Waals surface area contributed by atoms with Gasteiger partial charge in [0.05, 0.1) is 0 Å². The summed E-state index contributed by atoms with van der Waals surface area (Å²) in [5, 5.41) is 0. The molecule has 1 fully saturated rings. The van der Waals surface area contributed by atoms with E-state index in [4.69, 9.17) is 15.5 Å². The molecular formula is C16H23N3O. The van der Waals surface area contributed by atoms with E-state index in [2.05, 4.69) is 18.9 Å². The Balaban J connectivity index is 1.86. The molecule has 0 spiro atoms. The van der Waals surface area contributed by atoms with Crippen LogP contribution in [0.25, 0.3) is 0 Å². The second-order valence-electron chi connectivity index (χ2n) is 5.86. The SMILES string of the molecule is CC1Oc2cc(N)ccc2N=C1N(C)C1CCCCC1. The van der Waals surface area contributed by atoms with Crippen LogP contribution in [0.3, 0.4) is 0 Å². The Morgan fingerprint density at radius 2 is 2.00 bits per heavy atom. The first kappa shape index (κ1) is 13.3. The maximum atomic E-state index is 5.98. The molecule has 108 valence electrons. The lowest BCUT2D eigenvalue weighted by Crippen LogP contribution is -2.45. The minimum Gasteiger partial charge on any atom is -0.480 e. The summed E-state index contributed by atoms with van der Waals surface area (Å²) >= 11 is 0. The molecule has 3 rings (SSSR count). The minimum atomic E-state index is -0.0174. The molecule has 20 heavy (non-hydrogen) atoms. The number of hydrogen-bond donors (Lipinski definition) is 1. The molecular weight excluding hydrogens is 250 g/mol. The predicted molar refractivity (Wildman–Crippen MR) is 82.7 cm³/mol. The Labute approximate surface area is 120 Å². The van der Waals surface area contributed by atoms with Gasteiger partial charge in [0, 0.05) is 24.8 Å². The third-order valence-electron chi connectivity index (χ3n) is 4.37. The van der Waals surface area contributed by atoms with Gasteiger partial charge < -0.3 is 15.4 Å². The highest BCUT2D eigenvalue weighted by Gasteiger charge is 2.28. The highest BCUT2D eigenvalue weighted by molar-refractivity contribution is 5.91. The van der Waals surface area contributed by atoms with E-state index in [1.54, 1.807) is 0 Å². The Hall–Kier alpha value is -1.71. The monoisotopic (exact) mass is 273 g/mol. The van der Waals surface area contributed by atoms with Gasteiger partial charge in [-0.2, -0.15) is 0 Å². The highest BCUT2D eigenvalue weighted by Crippen LogP contribution is 2.35. The number of anilines is 1. The number of nitrogens with zero attached hydrogens (tertiary/aromatic N) is 2. The lowest BCUT2D eigenvalue weighted by atomic mass is 9.94. The molecule has 1 aromatic rings. The van der Waals surface area contributed by atoms with E-state index >= 15 is 0 Å². The fourth-order valence-electron chi connectivity index (χ4n) is 3.20. The van der Waals surface area contributed by atoms with Crippen LogP contribution in [0.4, 0.5) is 11.4 Å². The molecule has 4 nitrogen and oxygen atoms in total. The molecule has 1 heterocycles. The van der Waals surface area contributed by atoms with E-state index in [-0.39, 0.29) is 6.10 Å². The zero-order valence-corrected chi connectivity index (χ0v) is 12.3. The van der Waals surface area contributed by atoms with Crippen molar-refractivity contribution in [3.8, 4) is 5.75 Å². The van der Waals surface area contributed by atoms with Crippen LogP contribution in [-0.2, 0) is 0 Å². The van der Waals surface area contributed by atoms with Gasteiger partial charge in [-0.3, -0.25) is 0 Å². The second-order valence-corrected chi connectivity index (χ2v) is 5.86. The normalized spacial score (nSPS) is 22.7. The van der Waals surface area contributed by atoms with Crippen molar-refractivity contribution in [3.63, 3.8) is 0 Å². The number of nitrogen functional groups attached to an aromatic ring is 1. The van der Waals surface area contributed by atoms with Crippen molar-refractivity contribution in [2.75, 3.05) is 12.8 Å². The molecule has 4 heteroatoms. The quantitative estimate of drug-likeness (QED) is 0.798. The predicted octanol–water partition coefficient (Wildman–Crippen LogP) is 3.34. The smallest absolute Gasteiger partial charge is 0.153 e. The largest absolute Gasteiger partial charge is 0.480 e. The van der Waals surface area contributed by atoms with Crippen molar-refractivity contribution < 1.29 is 4.74 Å². The number of aliphatic imine (C=N–C) groups is 1. The number of amidine groups is 1. The Bertz CT molecular complexity index is 520. The molecule has 0 aromatic heterocycles. The van der Waals surface area contributed by atoms with Crippen molar-refractivity contribution in [2.24, 2.45) is 4.99 Å². The number of rotatable bonds is 1. The molecule has 1 aliphatic heterocycles. The maximum Gasteiger partial charge on any atom is 0.153 e. The van der Waals surface area contributed by atoms with E-state index in [1.807, 2.05) is 18.2 Å². The molecule has 0 amide bonds. The van der Waals surface area contributed by atoms with Gasteiger partial charge in [-0.15, -0.1) is 0 Å². The number of nitrogens with two attached hydrogens (primary N) is 1. The van der Waals surface area contributed by atoms with Gasteiger partial charge in [0.1, 0.15) is 17.3 Å². The summed E-state index contributed by atoms with van der Waals surface area (Å²) in [4.78, 5) is 7.13. The molecule has 0 radical (unpaired) electrons. The first-order valence-corrected chi connectivity index (χ1v) is 7.53. The van der Waals surface area contributed by atoms with Gasteiger partial charge >= 0.3 is 0 Å². The van der Waals surface area contributed by atoms with Gasteiger partial charge in [0.2, 0.25) is 0 Å². The number of likely N-dealkylation sites (N-methyl/N-ethyl adjacent to an activating group) is 1. The van der Waals surface area contributed by atoms with E-state index in [1.165, 1.54) is 32.1 Å². The molecule has 1 aliphatic carbocycles. The van der Waals surface area contributed by atoms with E-state index in [0.29, 0.717) is 6.04 Å². The van der Waals surface area contributed by atoms with Gasteiger partial charge in [-0.05, 0) is 31.9 Å². The molecule has 2 N–H and O–H groups in total. The average molecular weight is 273 g/mol. The highest BCUT2D eigenvalue weighted by atomic mass is 16.5. The second kappa shape index (κ2) is 5.35. The van der Waals surface area contributed by atoms with Crippen molar-refractivity contribution >= 4 is 17.2 Å². The van der Waals surface area contributed by atoms with Crippen LogP contribution < -0.4 is 10.5 Å². The van der Waals surface area contributed by atoms with Crippen molar-refractivity contribution in [2.45, 2.75) is 51.2 Å². The van der Waals surface area contributed by atoms with Crippen LogP contribution >= 0.6 is 0 Å². The van der Waals surface area contributed by atoms with Crippen LogP contribution in [0.1, 0.15) is 39.0 Å². The number of ether oxygens (including phenoxy) is 1. The van der Waals surface area contributed by atoms with E-state index in [9.17, 15) is 0 Å². The summed E-state index contributed by atoms with van der Waals surface area (Å²) in [6.45, 7) is 2.06. The molecule has 1 saturated carbocycles. The van der Waals surface area contributed by atoms with E-state index < -0.39 is 0 Å². The van der Waals surface area contributed by atoms with Gasteiger partial charge in [-0.25, -0.2) is 4.99 Å². The van der Waals surface area contributed by atoms with Crippen molar-refractivity contribution in [1.82, 2.24) is 4.90 Å². The fraction of sp³-hybridized carbons (Fsp3) is 0.562. The molecule has 0 bridgehead atoms. The Morgan fingerprint density at radius 3 is 2.75 bits per heavy atom. The molecule has 1 aromatic carbocycles. The van der Waals surface area contributed by atoms with Crippen LogP contribution in [0.2, 0.25) is 0 Å². The lowest BCUT2D eigenvalue weighted by molar-refractivity contribution is 0.224. The summed E-state index contributed by atoms with van der Waals surface area (Å²) in [7, 11) is 2.15. The molecule has 1 atom stereocenters. The number of benzene rings is 1. The number of fused-ring (bicyclic) bond motifs is 1. The van der Waals surface area contributed by atoms with Gasteiger partial charge in [-0.1, -0.05) is 19.3 Å². The lowest BCUT2D eigenvalue weighted by Gasteiger charge is -2.37. The Kier molecular flexibility index (Phi) is 3.55. The van der Waals surface area contributed by atoms with Crippen molar-refractivity contribution in [3.05, 3.63) is 18.2 Å². The van der Waals surface area contributed by atoms with Crippen molar-refractivity contribution in [1.29, 1.82) is 0 Å². The topological polar surface area (TPSA) is 50.9 Å². The molecule has 0 saturated heterocycles. The Morgan fingerprint density at radius 1 is 1.25 bits per heavy atom. The summed E-state index contributed by atoms with van der Waals surface area (Å²) < 4.78 is 5.98. The summed E-state index contributed by atoms with van der Waals surface area (Å²) in [5.41, 5.74) is 7.40. The number of hydrogen-bond acceptors (Lipinski definition) is 4. The van der Waals surface area contributed by atoms with Crippen LogP contribution in [0.5, 0.6) is 5.75 Å². The van der Waals surface area contributed by atoms with Gasteiger partial charge in [0.25, 0.3) is 0 Å². The van der Waals surface area contributed by atoms with Crippen LogP contribution in [0.15, 0.2) is 23.2 Å². The first-order chi connectivity index (χ1) is 9.65. The first-order valence-electron chi connectivity index (χ1n) is 7.53. The summed E-state index contributed by atoms with van der Waals surface area (Å²) in [6, 6.07) is 6.27. The zero-order chi connectivity index (χ0) is 14.1. The average Bonchev–Trinajstić information content (AvgIpc) is 2.46. The summed E-state index contributed by atoms with van der Waals surface area (Å²) in [6.07, 6.45) is 6.52. The molecule has 2 aliphatic rings. The molecule has 1 unspecified atom stereocenters. The summed E-state index contributed by atoms with van der Waals surface area (Å²) in [5.74, 6) is 1.83. The van der Waals surface area contributed by atoms with Gasteiger partial charge in [0.15, 0.2) is 6.10 Å². The fourth-order valence-corrected chi connectivity index (χ4v) is 3.20. The van der Waals surface area contributed by atoms with E-state index in [0.717, 1.165) is 23.0 Å². The minimum absolute atomic E-state index is 0.0174. The van der Waals surface area contributed by atoms with Crippen LogP contribution in [-0.4, -0.2) is 29.9 Å². The maximum absolute atomic E-state index is 5.98. The third-order valence-corrected chi connectivity index (χ3v) is 4.37. The van der Waals surface area contributed by atoms with Crippen LogP contribution in [0, 0.1) is 0 Å². The zero-order valence-electron chi connectivity index (χ0n) is 12.3. The standard InChI is InChI=1S/C16H23N3O/c1-11-16(19(2)13-6-4-3-5-7-13)18-14-9-8-12(17)10-15(14)20-11/h8-11,13H,3-7,17H2,1-2H3.